The van der Waals surface area contributed by atoms with Gasteiger partial charge in [0.25, 0.3) is 0 Å². The molecule has 0 aliphatic carbocycles. The number of rotatable bonds is 6. The minimum absolute atomic E-state index is 0.252. The molecule has 1 rings (SSSR count). The molecule has 0 fully saturated rings. The highest BCUT2D eigenvalue weighted by Gasteiger charge is 2.22. The van der Waals surface area contributed by atoms with Gasteiger partial charge >= 0.3 is 0 Å². The number of benzene rings is 1. The van der Waals surface area contributed by atoms with E-state index in [9.17, 15) is 10.2 Å². The van der Waals surface area contributed by atoms with Crippen LogP contribution in [-0.2, 0) is 4.74 Å². The third-order valence-electron chi connectivity index (χ3n) is 2.56. The summed E-state index contributed by atoms with van der Waals surface area (Å²) in [4.78, 5) is 0. The second-order valence-electron chi connectivity index (χ2n) is 3.69. The Morgan fingerprint density at radius 3 is 2.31 bits per heavy atom. The van der Waals surface area contributed by atoms with Gasteiger partial charge in [0.1, 0.15) is 6.10 Å². The quantitative estimate of drug-likeness (QED) is 0.660. The van der Waals surface area contributed by atoms with Crippen LogP contribution in [0.1, 0.15) is 18.1 Å². The Hall–Kier alpha value is -0.940. The minimum atomic E-state index is -0.969. The Bertz CT molecular complexity index is 288. The fraction of sp³-hybridized carbons (Fsp3) is 0.500. The van der Waals surface area contributed by atoms with Gasteiger partial charge in [0, 0.05) is 13.5 Å². The first-order valence-corrected chi connectivity index (χ1v) is 5.23. The molecule has 0 aliphatic heterocycles. The largest absolute Gasteiger partial charge is 0.394 e. The van der Waals surface area contributed by atoms with E-state index in [-0.39, 0.29) is 13.0 Å². The van der Waals surface area contributed by atoms with Crippen LogP contribution in [0.4, 0.5) is 0 Å². The van der Waals surface area contributed by atoms with Crippen LogP contribution in [0.25, 0.3) is 0 Å². The van der Waals surface area contributed by atoms with Gasteiger partial charge in [0.2, 0.25) is 0 Å². The number of ether oxygens (including phenoxy) is 1. The molecule has 1 aromatic rings. The highest BCUT2D eigenvalue weighted by Crippen LogP contribution is 2.20. The zero-order chi connectivity index (χ0) is 12.0. The average molecular weight is 226 g/mol. The molecule has 4 heteroatoms. The van der Waals surface area contributed by atoms with Crippen LogP contribution in [0.3, 0.4) is 0 Å². The van der Waals surface area contributed by atoms with E-state index in [0.29, 0.717) is 0 Å². The van der Waals surface area contributed by atoms with Crippen LogP contribution in [-0.4, -0.2) is 41.2 Å². The van der Waals surface area contributed by atoms with Crippen molar-refractivity contribution in [3.05, 3.63) is 35.9 Å². The van der Waals surface area contributed by atoms with Gasteiger partial charge in [-0.2, -0.15) is 0 Å². The van der Waals surface area contributed by atoms with Crippen molar-refractivity contribution in [1.82, 2.24) is 0 Å². The lowest BCUT2D eigenvalue weighted by Crippen LogP contribution is -2.32. The highest BCUT2D eigenvalue weighted by atomic mass is 16.5. The van der Waals surface area contributed by atoms with Crippen molar-refractivity contribution in [3.8, 4) is 0 Å². The molecule has 1 aromatic carbocycles. The first-order chi connectivity index (χ1) is 7.69. The van der Waals surface area contributed by atoms with E-state index >= 15 is 0 Å². The second-order valence-corrected chi connectivity index (χ2v) is 3.69. The topological polar surface area (TPSA) is 69.9 Å². The smallest absolute Gasteiger partial charge is 0.103 e. The Kier molecular flexibility index (Phi) is 5.42. The van der Waals surface area contributed by atoms with E-state index in [1.165, 1.54) is 7.11 Å². The van der Waals surface area contributed by atoms with Crippen LogP contribution >= 0.6 is 0 Å². The second kappa shape index (κ2) is 6.60. The summed E-state index contributed by atoms with van der Waals surface area (Å²) in [6.45, 7) is -0.375. The molecular formula is C12H18O4. The van der Waals surface area contributed by atoms with Gasteiger partial charge in [-0.05, 0) is 5.56 Å². The summed E-state index contributed by atoms with van der Waals surface area (Å²) >= 11 is 0. The molecule has 0 heterocycles. The maximum atomic E-state index is 9.89. The van der Waals surface area contributed by atoms with Crippen molar-refractivity contribution < 1.29 is 20.1 Å². The Morgan fingerprint density at radius 2 is 1.81 bits per heavy atom. The van der Waals surface area contributed by atoms with E-state index < -0.39 is 18.3 Å². The van der Waals surface area contributed by atoms with Gasteiger partial charge in [0.15, 0.2) is 0 Å². The van der Waals surface area contributed by atoms with Crippen LogP contribution < -0.4 is 0 Å². The Balaban J connectivity index is 2.59. The van der Waals surface area contributed by atoms with Crippen molar-refractivity contribution in [1.29, 1.82) is 0 Å². The third-order valence-corrected chi connectivity index (χ3v) is 2.56. The number of hydrogen-bond donors (Lipinski definition) is 3. The summed E-state index contributed by atoms with van der Waals surface area (Å²) in [5.74, 6) is 0. The maximum absolute atomic E-state index is 9.89. The molecule has 0 amide bonds. The Morgan fingerprint density at radius 1 is 1.19 bits per heavy atom. The van der Waals surface area contributed by atoms with Crippen molar-refractivity contribution in [2.24, 2.45) is 0 Å². The molecule has 0 bridgehead atoms. The summed E-state index contributed by atoms with van der Waals surface area (Å²) in [6, 6.07) is 9.16. The normalized spacial score (nSPS) is 16.8. The highest BCUT2D eigenvalue weighted by molar-refractivity contribution is 5.17. The lowest BCUT2D eigenvalue weighted by molar-refractivity contribution is -0.0583. The molecule has 16 heavy (non-hydrogen) atoms. The SMILES string of the molecule is CO[C@@H](CC(O)c1ccccc1)[C@H](O)CO. The monoisotopic (exact) mass is 226 g/mol. The van der Waals surface area contributed by atoms with Gasteiger partial charge in [-0.3, -0.25) is 0 Å². The summed E-state index contributed by atoms with van der Waals surface area (Å²) in [7, 11) is 1.45. The van der Waals surface area contributed by atoms with Crippen molar-refractivity contribution >= 4 is 0 Å². The standard InChI is InChI=1S/C12H18O4/c1-16-12(11(15)8-13)7-10(14)9-5-3-2-4-6-9/h2-6,10-15H,7-8H2,1H3/t10?,11-,12+/m1/s1. The molecule has 0 aromatic heterocycles. The molecule has 0 saturated heterocycles. The van der Waals surface area contributed by atoms with Gasteiger partial charge in [0.05, 0.1) is 18.8 Å². The lowest BCUT2D eigenvalue weighted by Gasteiger charge is -2.22. The number of aliphatic hydroxyl groups excluding tert-OH is 3. The number of methoxy groups -OCH3 is 1. The summed E-state index contributed by atoms with van der Waals surface area (Å²) in [5.41, 5.74) is 0.773. The molecule has 4 nitrogen and oxygen atoms in total. The van der Waals surface area contributed by atoms with Crippen LogP contribution in [0.2, 0.25) is 0 Å². The molecule has 3 atom stereocenters. The predicted molar refractivity (Wildman–Crippen MR) is 59.9 cm³/mol. The fourth-order valence-electron chi connectivity index (χ4n) is 1.56. The molecule has 0 radical (unpaired) electrons. The van der Waals surface area contributed by atoms with E-state index in [2.05, 4.69) is 0 Å². The molecule has 1 unspecified atom stereocenters. The molecule has 3 N–H and O–H groups in total. The van der Waals surface area contributed by atoms with E-state index in [1.807, 2.05) is 30.3 Å². The van der Waals surface area contributed by atoms with Crippen molar-refractivity contribution in [3.63, 3.8) is 0 Å². The zero-order valence-corrected chi connectivity index (χ0v) is 9.28. The lowest BCUT2D eigenvalue weighted by atomic mass is 10.0. The number of aliphatic hydroxyl groups is 3. The van der Waals surface area contributed by atoms with Gasteiger partial charge < -0.3 is 20.1 Å². The maximum Gasteiger partial charge on any atom is 0.103 e. The first-order valence-electron chi connectivity index (χ1n) is 5.23. The molecule has 0 aliphatic rings. The van der Waals surface area contributed by atoms with Gasteiger partial charge in [-0.15, -0.1) is 0 Å². The molecular weight excluding hydrogens is 208 g/mol. The van der Waals surface area contributed by atoms with Gasteiger partial charge in [-0.1, -0.05) is 30.3 Å². The van der Waals surface area contributed by atoms with Crippen LogP contribution in [0, 0.1) is 0 Å². The van der Waals surface area contributed by atoms with E-state index in [1.54, 1.807) is 0 Å². The van der Waals surface area contributed by atoms with Gasteiger partial charge in [-0.25, -0.2) is 0 Å². The minimum Gasteiger partial charge on any atom is -0.394 e. The van der Waals surface area contributed by atoms with Crippen LogP contribution in [0.15, 0.2) is 30.3 Å². The van der Waals surface area contributed by atoms with Crippen LogP contribution in [0.5, 0.6) is 0 Å². The van der Waals surface area contributed by atoms with Crippen molar-refractivity contribution in [2.45, 2.75) is 24.7 Å². The molecule has 0 spiro atoms. The average Bonchev–Trinajstić information content (AvgIpc) is 2.35. The third kappa shape index (κ3) is 3.57. The zero-order valence-electron chi connectivity index (χ0n) is 9.28. The first kappa shape index (κ1) is 13.1. The molecule has 90 valence electrons. The van der Waals surface area contributed by atoms with Crippen molar-refractivity contribution in [2.75, 3.05) is 13.7 Å². The Labute approximate surface area is 95.1 Å². The fourth-order valence-corrected chi connectivity index (χ4v) is 1.56. The summed E-state index contributed by atoms with van der Waals surface area (Å²) in [6.07, 6.45) is -1.99. The summed E-state index contributed by atoms with van der Waals surface area (Å²) in [5, 5.41) is 28.1. The van der Waals surface area contributed by atoms with E-state index in [0.717, 1.165) is 5.56 Å². The van der Waals surface area contributed by atoms with E-state index in [4.69, 9.17) is 9.84 Å². The number of hydrogen-bond acceptors (Lipinski definition) is 4. The summed E-state index contributed by atoms with van der Waals surface area (Å²) < 4.78 is 5.03. The predicted octanol–water partition coefficient (Wildman–Crippen LogP) is 0.478. The molecule has 0 saturated carbocycles.